The Labute approximate surface area is 243 Å². The van der Waals surface area contributed by atoms with Gasteiger partial charge in [-0.2, -0.15) is 0 Å². The predicted octanol–water partition coefficient (Wildman–Crippen LogP) is 9.11. The van der Waals surface area contributed by atoms with Crippen molar-refractivity contribution in [1.29, 1.82) is 0 Å². The van der Waals surface area contributed by atoms with Crippen LogP contribution >= 0.6 is 11.8 Å². The normalized spacial score (nSPS) is 13.7. The Morgan fingerprint density at radius 2 is 1.51 bits per heavy atom. The van der Waals surface area contributed by atoms with Crippen LogP contribution in [0.2, 0.25) is 0 Å². The number of carbonyl (C=O) groups is 1. The molecule has 1 aliphatic heterocycles. The highest BCUT2D eigenvalue weighted by molar-refractivity contribution is 8.02. The zero-order valence-electron chi connectivity index (χ0n) is 24.9. The topological polar surface area (TPSA) is 48.0 Å². The van der Waals surface area contributed by atoms with Gasteiger partial charge in [-0.3, -0.25) is 0 Å². The first-order chi connectivity index (χ1) is 19.2. The number of hydrogen-bond acceptors (Lipinski definition) is 6. The van der Waals surface area contributed by atoms with E-state index in [4.69, 9.17) is 14.2 Å². The first-order valence-electron chi connectivity index (χ1n) is 15.7. The molecule has 0 N–H and O–H groups in total. The fourth-order valence-electron chi connectivity index (χ4n) is 4.73. The number of thioether (sulfide) groups is 1. The number of nitrogens with zero attached hydrogens (tertiary/aromatic N) is 1. The van der Waals surface area contributed by atoms with Crippen LogP contribution in [0.3, 0.4) is 0 Å². The molecule has 0 bridgehead atoms. The molecule has 0 aromatic heterocycles. The maximum atomic E-state index is 12.7. The van der Waals surface area contributed by atoms with Crippen molar-refractivity contribution >= 4 is 17.7 Å². The van der Waals surface area contributed by atoms with E-state index in [0.29, 0.717) is 18.8 Å². The average molecular weight is 562 g/mol. The molecule has 0 fully saturated rings. The summed E-state index contributed by atoms with van der Waals surface area (Å²) < 4.78 is 17.4. The molecule has 0 aliphatic carbocycles. The van der Waals surface area contributed by atoms with Crippen LogP contribution in [0.1, 0.15) is 126 Å². The van der Waals surface area contributed by atoms with Crippen LogP contribution in [0.5, 0.6) is 0 Å². The van der Waals surface area contributed by atoms with Gasteiger partial charge >= 0.3 is 5.97 Å². The lowest BCUT2D eigenvalue weighted by Gasteiger charge is -2.18. The van der Waals surface area contributed by atoms with Gasteiger partial charge in [0, 0.05) is 26.0 Å². The van der Waals surface area contributed by atoms with Gasteiger partial charge in [-0.15, -0.1) is 11.8 Å². The molecule has 1 heterocycles. The van der Waals surface area contributed by atoms with Crippen molar-refractivity contribution < 1.29 is 19.0 Å². The van der Waals surface area contributed by atoms with Crippen LogP contribution in [0, 0.1) is 0 Å². The summed E-state index contributed by atoms with van der Waals surface area (Å²) in [5.74, 6) is 0.644. The molecular weight excluding hydrogens is 506 g/mol. The smallest absolute Gasteiger partial charge is 0.338 e. The van der Waals surface area contributed by atoms with E-state index in [2.05, 4.69) is 30.4 Å². The van der Waals surface area contributed by atoms with E-state index < -0.39 is 0 Å². The third-order valence-electron chi connectivity index (χ3n) is 7.06. The van der Waals surface area contributed by atoms with Gasteiger partial charge in [0.2, 0.25) is 0 Å². The number of esters is 1. The summed E-state index contributed by atoms with van der Waals surface area (Å²) in [5.41, 5.74) is 1.69. The van der Waals surface area contributed by atoms with Crippen molar-refractivity contribution in [3.63, 3.8) is 0 Å². The Balaban J connectivity index is 1.51. The largest absolute Gasteiger partial charge is 0.459 e. The summed E-state index contributed by atoms with van der Waals surface area (Å²) in [6, 6.07) is 7.71. The summed E-state index contributed by atoms with van der Waals surface area (Å²) >= 11 is 1.78. The van der Waals surface area contributed by atoms with Crippen molar-refractivity contribution in [2.75, 3.05) is 32.3 Å². The molecule has 2 rings (SSSR count). The first-order valence-corrected chi connectivity index (χ1v) is 16.8. The molecule has 222 valence electrons. The lowest BCUT2D eigenvalue weighted by atomic mass is 10.0. The molecule has 6 heteroatoms. The van der Waals surface area contributed by atoms with Crippen molar-refractivity contribution in [2.24, 2.45) is 0 Å². The van der Waals surface area contributed by atoms with Crippen LogP contribution in [0.4, 0.5) is 0 Å². The molecule has 5 nitrogen and oxygen atoms in total. The highest BCUT2D eigenvalue weighted by Gasteiger charge is 2.15. The molecule has 1 aromatic rings. The fraction of sp³-hybridized carbons (Fsp3) is 0.727. The number of hydrogen-bond donors (Lipinski definition) is 0. The number of carbonyl (C=O) groups excluding carboxylic acids is 1. The number of ether oxygens (including phenoxy) is 3. The summed E-state index contributed by atoms with van der Waals surface area (Å²) in [6.45, 7) is 7.21. The van der Waals surface area contributed by atoms with E-state index in [1.54, 1.807) is 11.8 Å². The van der Waals surface area contributed by atoms with Gasteiger partial charge in [0.05, 0.1) is 18.0 Å². The molecule has 39 heavy (non-hydrogen) atoms. The second-order valence-electron chi connectivity index (χ2n) is 10.8. The number of benzene rings is 1. The van der Waals surface area contributed by atoms with Gasteiger partial charge < -0.3 is 19.1 Å². The van der Waals surface area contributed by atoms with Crippen molar-refractivity contribution in [3.05, 3.63) is 47.0 Å². The Hall–Kier alpha value is -1.50. The van der Waals surface area contributed by atoms with Gasteiger partial charge in [0.25, 0.3) is 0 Å². The Morgan fingerprint density at radius 3 is 2.13 bits per heavy atom. The molecule has 1 atom stereocenters. The summed E-state index contributed by atoms with van der Waals surface area (Å²) in [5, 5.41) is 2.09. The van der Waals surface area contributed by atoms with E-state index in [1.807, 2.05) is 24.3 Å². The molecule has 0 amide bonds. The molecule has 1 aliphatic rings. The summed E-state index contributed by atoms with van der Waals surface area (Å²) in [6.07, 6.45) is 21.7. The monoisotopic (exact) mass is 561 g/mol. The Bertz CT molecular complexity index is 772. The zero-order valence-corrected chi connectivity index (χ0v) is 25.7. The molecule has 1 unspecified atom stereocenters. The highest BCUT2D eigenvalue weighted by atomic mass is 32.2. The molecular formula is C33H55NO4S. The average Bonchev–Trinajstić information content (AvgIpc) is 3.46. The van der Waals surface area contributed by atoms with E-state index in [9.17, 15) is 4.79 Å². The molecule has 0 spiro atoms. The zero-order chi connectivity index (χ0) is 27.8. The Kier molecular flexibility index (Phi) is 20.1. The molecule has 0 saturated carbocycles. The van der Waals surface area contributed by atoms with Gasteiger partial charge in [-0.25, -0.2) is 4.79 Å². The van der Waals surface area contributed by atoms with Crippen LogP contribution in [-0.4, -0.2) is 49.3 Å². The minimum Gasteiger partial charge on any atom is -0.459 e. The van der Waals surface area contributed by atoms with Crippen LogP contribution < -0.4 is 0 Å². The number of rotatable bonds is 25. The molecule has 0 saturated heterocycles. The van der Waals surface area contributed by atoms with Crippen LogP contribution in [0.25, 0.3) is 0 Å². The van der Waals surface area contributed by atoms with Gasteiger partial charge in [0.1, 0.15) is 12.7 Å². The predicted molar refractivity (Wildman–Crippen MR) is 165 cm³/mol. The minimum absolute atomic E-state index is 0.216. The second-order valence-corrected chi connectivity index (χ2v) is 11.7. The van der Waals surface area contributed by atoms with Crippen molar-refractivity contribution in [1.82, 2.24) is 4.90 Å². The van der Waals surface area contributed by atoms with Crippen LogP contribution in [0.15, 0.2) is 35.9 Å². The third kappa shape index (κ3) is 17.0. The molecule has 1 aromatic carbocycles. The fourth-order valence-corrected chi connectivity index (χ4v) is 5.45. The lowest BCUT2D eigenvalue weighted by molar-refractivity contribution is -0.0500. The third-order valence-corrected chi connectivity index (χ3v) is 7.86. The standard InChI is InChI=1S/C33H55NO4S/c1-3-5-6-7-8-9-10-11-12-13-14-15-16-17-23-36-27-32(37-22-4-2)28-38-33(35)31-20-18-19-30(25-31)26-34-21-24-39-29-34/h18-21,24-25,32H,3-17,22-23,26-29H2,1-2H3. The van der Waals surface area contributed by atoms with Crippen molar-refractivity contribution in [3.8, 4) is 0 Å². The van der Waals surface area contributed by atoms with E-state index in [0.717, 1.165) is 37.4 Å². The first kappa shape index (κ1) is 33.7. The summed E-state index contributed by atoms with van der Waals surface area (Å²) in [4.78, 5) is 14.9. The SMILES string of the molecule is CCCCCCCCCCCCCCCCOCC(COC(=O)c1cccc(CN2C=CSC2)c1)OCCC. The summed E-state index contributed by atoms with van der Waals surface area (Å²) in [7, 11) is 0. The highest BCUT2D eigenvalue weighted by Crippen LogP contribution is 2.19. The van der Waals surface area contributed by atoms with Crippen LogP contribution in [-0.2, 0) is 20.8 Å². The van der Waals surface area contributed by atoms with Gasteiger partial charge in [-0.1, -0.05) is 109 Å². The number of unbranched alkanes of at least 4 members (excludes halogenated alkanes) is 13. The van der Waals surface area contributed by atoms with E-state index in [1.165, 1.54) is 83.5 Å². The van der Waals surface area contributed by atoms with E-state index in [-0.39, 0.29) is 18.7 Å². The van der Waals surface area contributed by atoms with Gasteiger partial charge in [0.15, 0.2) is 0 Å². The van der Waals surface area contributed by atoms with E-state index >= 15 is 0 Å². The van der Waals surface area contributed by atoms with Crippen molar-refractivity contribution in [2.45, 2.75) is 123 Å². The lowest BCUT2D eigenvalue weighted by Crippen LogP contribution is -2.28. The quantitative estimate of drug-likeness (QED) is 0.0876. The Morgan fingerprint density at radius 1 is 0.846 bits per heavy atom. The maximum absolute atomic E-state index is 12.7. The van der Waals surface area contributed by atoms with Gasteiger partial charge in [-0.05, 0) is 35.9 Å². The second kappa shape index (κ2) is 23.2. The maximum Gasteiger partial charge on any atom is 0.338 e. The molecule has 0 radical (unpaired) electrons. The minimum atomic E-state index is -0.305.